The van der Waals surface area contributed by atoms with Crippen molar-refractivity contribution in [3.63, 3.8) is 0 Å². The Morgan fingerprint density at radius 3 is 2.50 bits per heavy atom. The third kappa shape index (κ3) is 6.34. The van der Waals surface area contributed by atoms with Crippen molar-refractivity contribution < 1.29 is 14.6 Å². The number of thiophene rings is 1. The van der Waals surface area contributed by atoms with Crippen molar-refractivity contribution >= 4 is 40.5 Å². The van der Waals surface area contributed by atoms with Crippen molar-refractivity contribution in [2.24, 2.45) is 0 Å². The van der Waals surface area contributed by atoms with E-state index in [0.29, 0.717) is 13.0 Å². The van der Waals surface area contributed by atoms with Gasteiger partial charge < -0.3 is 9.84 Å². The lowest BCUT2D eigenvalue weighted by atomic mass is 10.1. The van der Waals surface area contributed by atoms with E-state index in [0.717, 1.165) is 25.0 Å². The molecule has 0 atom stereocenters. The monoisotopic (exact) mass is 386 g/mol. The molecule has 0 radical (unpaired) electrons. The summed E-state index contributed by atoms with van der Waals surface area (Å²) in [5.41, 5.74) is 1.24. The van der Waals surface area contributed by atoms with Crippen molar-refractivity contribution in [3.05, 3.63) is 52.2 Å². The first-order valence-electron chi connectivity index (χ1n) is 7.83. The minimum atomic E-state index is -1.67. The van der Waals surface area contributed by atoms with Gasteiger partial charge in [-0.2, -0.15) is 0 Å². The highest BCUT2D eigenvalue weighted by Gasteiger charge is 2.32. The van der Waals surface area contributed by atoms with Crippen molar-refractivity contribution in [1.29, 1.82) is 0 Å². The van der Waals surface area contributed by atoms with Gasteiger partial charge in [-0.15, -0.1) is 11.3 Å². The molecule has 0 saturated carbocycles. The van der Waals surface area contributed by atoms with Crippen molar-refractivity contribution in [2.75, 3.05) is 0 Å². The van der Waals surface area contributed by atoms with Gasteiger partial charge >= 0.3 is 5.97 Å². The van der Waals surface area contributed by atoms with Crippen LogP contribution in [0.15, 0.2) is 41.8 Å². The molecule has 3 nitrogen and oxygen atoms in total. The Labute approximate surface area is 156 Å². The molecule has 130 valence electrons. The van der Waals surface area contributed by atoms with Crippen LogP contribution in [0.2, 0.25) is 0 Å². The molecule has 0 aliphatic carbocycles. The van der Waals surface area contributed by atoms with E-state index in [1.807, 2.05) is 23.6 Å². The largest absolute Gasteiger partial charge is 0.488 e. The molecule has 1 heterocycles. The molecule has 0 bridgehead atoms. The van der Waals surface area contributed by atoms with Gasteiger partial charge in [0, 0.05) is 4.88 Å². The first-order valence-corrected chi connectivity index (χ1v) is 9.46. The highest BCUT2D eigenvalue weighted by molar-refractivity contribution is 7.09. The summed E-state index contributed by atoms with van der Waals surface area (Å²) >= 11 is 13.1. The molecule has 2 aromatic rings. The SMILES string of the molecule is O=C(O)C(Cl)(Cl)CCCCCc1ccc(OCc2cccs2)cc1. The molecule has 0 aliphatic rings. The number of hydrogen-bond donors (Lipinski definition) is 1. The van der Waals surface area contributed by atoms with Gasteiger partial charge in [0.2, 0.25) is 4.33 Å². The Morgan fingerprint density at radius 2 is 1.88 bits per heavy atom. The van der Waals surface area contributed by atoms with E-state index in [1.165, 1.54) is 10.4 Å². The molecule has 1 aromatic carbocycles. The van der Waals surface area contributed by atoms with Gasteiger partial charge in [0.25, 0.3) is 0 Å². The number of rotatable bonds is 10. The number of aliphatic carboxylic acids is 1. The molecule has 2 rings (SSSR count). The van der Waals surface area contributed by atoms with Gasteiger partial charge in [0.05, 0.1) is 0 Å². The maximum atomic E-state index is 10.8. The summed E-state index contributed by atoms with van der Waals surface area (Å²) in [6.45, 7) is 0.596. The number of unbranched alkanes of at least 4 members (excludes halogenated alkanes) is 2. The summed E-state index contributed by atoms with van der Waals surface area (Å²) in [4.78, 5) is 12.0. The Bertz CT molecular complexity index is 624. The number of aryl methyl sites for hydroxylation is 1. The molecule has 0 amide bonds. The normalized spacial score (nSPS) is 11.4. The molecular weight excluding hydrogens is 367 g/mol. The molecule has 1 aromatic heterocycles. The van der Waals surface area contributed by atoms with Crippen LogP contribution in [-0.2, 0) is 17.8 Å². The Kier molecular flexibility index (Phi) is 7.40. The standard InChI is InChI=1S/C18H20Cl2O3S/c19-18(20,17(21)22)11-3-1-2-5-14-7-9-15(10-8-14)23-13-16-6-4-12-24-16/h4,6-10,12H,1-3,5,11,13H2,(H,21,22). The number of ether oxygens (including phenoxy) is 1. The zero-order valence-electron chi connectivity index (χ0n) is 13.2. The van der Waals surface area contributed by atoms with E-state index in [9.17, 15) is 4.79 Å². The summed E-state index contributed by atoms with van der Waals surface area (Å²) in [5.74, 6) is -0.313. The highest BCUT2D eigenvalue weighted by Crippen LogP contribution is 2.28. The lowest BCUT2D eigenvalue weighted by Crippen LogP contribution is -2.25. The van der Waals surface area contributed by atoms with Crippen LogP contribution in [0.1, 0.15) is 36.1 Å². The molecule has 0 saturated heterocycles. The van der Waals surface area contributed by atoms with Crippen LogP contribution in [-0.4, -0.2) is 15.4 Å². The predicted octanol–water partition coefficient (Wildman–Crippen LogP) is 5.69. The van der Waals surface area contributed by atoms with Gasteiger partial charge in [0.15, 0.2) is 0 Å². The second kappa shape index (κ2) is 9.30. The second-order valence-corrected chi connectivity index (χ2v) is 8.10. The van der Waals surface area contributed by atoms with Gasteiger partial charge in [-0.25, -0.2) is 4.79 Å². The van der Waals surface area contributed by atoms with Crippen LogP contribution in [0.4, 0.5) is 0 Å². The van der Waals surface area contributed by atoms with Gasteiger partial charge in [0.1, 0.15) is 12.4 Å². The third-order valence-electron chi connectivity index (χ3n) is 3.65. The molecule has 1 N–H and O–H groups in total. The summed E-state index contributed by atoms with van der Waals surface area (Å²) < 4.78 is 4.07. The van der Waals surface area contributed by atoms with Gasteiger partial charge in [-0.3, -0.25) is 0 Å². The lowest BCUT2D eigenvalue weighted by molar-refractivity contribution is -0.138. The summed E-state index contributed by atoms with van der Waals surface area (Å²) in [6.07, 6.45) is 3.77. The first-order chi connectivity index (χ1) is 11.5. The smallest absolute Gasteiger partial charge is 0.340 e. The fourth-order valence-corrected chi connectivity index (χ4v) is 3.14. The number of carboxylic acid groups (broad SMARTS) is 1. The van der Waals surface area contributed by atoms with Crippen molar-refractivity contribution in [3.8, 4) is 5.75 Å². The van der Waals surface area contributed by atoms with E-state index in [2.05, 4.69) is 18.2 Å². The van der Waals surface area contributed by atoms with E-state index >= 15 is 0 Å². The number of alkyl halides is 2. The van der Waals surface area contributed by atoms with Crippen LogP contribution in [0.25, 0.3) is 0 Å². The average molecular weight is 387 g/mol. The molecule has 0 unspecified atom stereocenters. The van der Waals surface area contributed by atoms with E-state index in [4.69, 9.17) is 33.0 Å². The van der Waals surface area contributed by atoms with Crippen molar-refractivity contribution in [1.82, 2.24) is 0 Å². The summed E-state index contributed by atoms with van der Waals surface area (Å²) in [6, 6.07) is 12.2. The minimum Gasteiger partial charge on any atom is -0.488 e. The van der Waals surface area contributed by atoms with Crippen LogP contribution >= 0.6 is 34.5 Å². The number of benzene rings is 1. The van der Waals surface area contributed by atoms with E-state index in [1.54, 1.807) is 11.3 Å². The van der Waals surface area contributed by atoms with Gasteiger partial charge in [-0.05, 0) is 54.8 Å². The molecule has 0 fully saturated rings. The predicted molar refractivity (Wildman–Crippen MR) is 99.3 cm³/mol. The van der Waals surface area contributed by atoms with E-state index in [-0.39, 0.29) is 6.42 Å². The zero-order chi connectivity index (χ0) is 17.4. The summed E-state index contributed by atoms with van der Waals surface area (Å²) in [5, 5.41) is 10.9. The Morgan fingerprint density at radius 1 is 1.12 bits per heavy atom. The quantitative estimate of drug-likeness (QED) is 0.421. The van der Waals surface area contributed by atoms with Crippen LogP contribution in [0, 0.1) is 0 Å². The van der Waals surface area contributed by atoms with Crippen LogP contribution < -0.4 is 4.74 Å². The number of carboxylic acids is 1. The fraction of sp³-hybridized carbons (Fsp3) is 0.389. The maximum Gasteiger partial charge on any atom is 0.340 e. The first kappa shape index (κ1) is 19.1. The number of hydrogen-bond acceptors (Lipinski definition) is 3. The van der Waals surface area contributed by atoms with Crippen molar-refractivity contribution in [2.45, 2.75) is 43.0 Å². The van der Waals surface area contributed by atoms with E-state index < -0.39 is 10.3 Å². The third-order valence-corrected chi connectivity index (χ3v) is 5.20. The van der Waals surface area contributed by atoms with Crippen LogP contribution in [0.5, 0.6) is 5.75 Å². The van der Waals surface area contributed by atoms with Gasteiger partial charge in [-0.1, -0.05) is 47.8 Å². The Hall–Kier alpha value is -1.23. The Balaban J connectivity index is 1.66. The molecular formula is C18H20Cl2O3S. The number of halogens is 2. The molecule has 0 aliphatic heterocycles. The topological polar surface area (TPSA) is 46.5 Å². The second-order valence-electron chi connectivity index (χ2n) is 5.58. The maximum absolute atomic E-state index is 10.8. The lowest BCUT2D eigenvalue weighted by Gasteiger charge is -2.13. The molecule has 0 spiro atoms. The fourth-order valence-electron chi connectivity index (χ4n) is 2.26. The zero-order valence-corrected chi connectivity index (χ0v) is 15.5. The molecule has 6 heteroatoms. The molecule has 24 heavy (non-hydrogen) atoms. The number of carbonyl (C=O) groups is 1. The summed E-state index contributed by atoms with van der Waals surface area (Å²) in [7, 11) is 0. The highest BCUT2D eigenvalue weighted by atomic mass is 35.5. The van der Waals surface area contributed by atoms with Crippen LogP contribution in [0.3, 0.4) is 0 Å². The minimum absolute atomic E-state index is 0.265. The average Bonchev–Trinajstić information content (AvgIpc) is 3.07.